The number of fused-ring (bicyclic) bond motifs is 2. The number of pyridine rings is 2. The summed E-state index contributed by atoms with van der Waals surface area (Å²) >= 11 is 0. The quantitative estimate of drug-likeness (QED) is 0.729. The van der Waals surface area contributed by atoms with Gasteiger partial charge in [0.25, 0.3) is 5.92 Å². The van der Waals surface area contributed by atoms with Crippen molar-refractivity contribution in [3.05, 3.63) is 42.5 Å². The van der Waals surface area contributed by atoms with Crippen molar-refractivity contribution in [3.63, 3.8) is 0 Å². The number of piperazine rings is 1. The lowest BCUT2D eigenvalue weighted by atomic mass is 9.91. The van der Waals surface area contributed by atoms with E-state index in [0.717, 1.165) is 24.5 Å². The SMILES string of the molecule is N#CC(=CN)c1ncc(N2CCC(F)(F)C2)cc1-c1ccc(N2CC3CC(C2)N3)nc1. The average molecular weight is 423 g/mol. The number of halogens is 2. The lowest BCUT2D eigenvalue weighted by Crippen LogP contribution is -2.67. The van der Waals surface area contributed by atoms with Crippen molar-refractivity contribution in [2.75, 3.05) is 36.0 Å². The molecule has 2 aromatic rings. The minimum absolute atomic E-state index is 0.181. The van der Waals surface area contributed by atoms with Gasteiger partial charge in [0.05, 0.1) is 29.7 Å². The Labute approximate surface area is 179 Å². The first-order chi connectivity index (χ1) is 15.0. The highest BCUT2D eigenvalue weighted by Gasteiger charge is 2.39. The summed E-state index contributed by atoms with van der Waals surface area (Å²) in [5.74, 6) is -1.80. The standard InChI is InChI=1S/C22H23F2N7/c23-22(24)3-4-30(13-22)18-6-19(21(28-10-18)15(7-25)8-26)14-1-2-20(27-9-14)31-11-16-5-17(12-31)29-16/h1-2,6-7,9-10,16-17,29H,3-5,11-13,25H2. The van der Waals surface area contributed by atoms with Crippen LogP contribution < -0.4 is 20.9 Å². The predicted octanol–water partition coefficient (Wildman–Crippen LogP) is 2.36. The minimum Gasteiger partial charge on any atom is -0.403 e. The first-order valence-corrected chi connectivity index (χ1v) is 10.4. The summed E-state index contributed by atoms with van der Waals surface area (Å²) in [4.78, 5) is 12.9. The number of nitrogens with two attached hydrogens (primary N) is 1. The van der Waals surface area contributed by atoms with Gasteiger partial charge in [-0.05, 0) is 24.6 Å². The summed E-state index contributed by atoms with van der Waals surface area (Å²) in [6.45, 7) is 1.78. The van der Waals surface area contributed by atoms with Gasteiger partial charge in [0, 0.05) is 61.7 Å². The predicted molar refractivity (Wildman–Crippen MR) is 115 cm³/mol. The van der Waals surface area contributed by atoms with Gasteiger partial charge in [-0.1, -0.05) is 0 Å². The molecule has 2 atom stereocenters. The van der Waals surface area contributed by atoms with Crippen LogP contribution in [-0.4, -0.2) is 54.2 Å². The van der Waals surface area contributed by atoms with Crippen LogP contribution in [0, 0.1) is 11.3 Å². The number of alkyl halides is 2. The second kappa shape index (κ2) is 7.46. The van der Waals surface area contributed by atoms with E-state index in [1.807, 2.05) is 12.1 Å². The molecule has 0 aliphatic carbocycles. The van der Waals surface area contributed by atoms with E-state index in [1.54, 1.807) is 17.2 Å². The molecular weight excluding hydrogens is 400 g/mol. The van der Waals surface area contributed by atoms with Crippen LogP contribution in [0.25, 0.3) is 16.7 Å². The number of nitriles is 1. The third-order valence-corrected chi connectivity index (χ3v) is 6.26. The van der Waals surface area contributed by atoms with Gasteiger partial charge in [0.2, 0.25) is 0 Å². The molecule has 0 radical (unpaired) electrons. The Morgan fingerprint density at radius 1 is 1.23 bits per heavy atom. The van der Waals surface area contributed by atoms with E-state index in [1.165, 1.54) is 18.8 Å². The molecule has 9 heteroatoms. The highest BCUT2D eigenvalue weighted by Crippen LogP contribution is 2.35. The van der Waals surface area contributed by atoms with Gasteiger partial charge >= 0.3 is 0 Å². The maximum Gasteiger partial charge on any atom is 0.266 e. The van der Waals surface area contributed by atoms with E-state index in [2.05, 4.69) is 26.3 Å². The zero-order chi connectivity index (χ0) is 21.6. The molecule has 160 valence electrons. The molecular formula is C22H23F2N7. The summed E-state index contributed by atoms with van der Waals surface area (Å²) in [6, 6.07) is 8.80. The van der Waals surface area contributed by atoms with Crippen LogP contribution >= 0.6 is 0 Å². The largest absolute Gasteiger partial charge is 0.403 e. The summed E-state index contributed by atoms with van der Waals surface area (Å²) in [5.41, 5.74) is 8.27. The number of piperidine rings is 1. The van der Waals surface area contributed by atoms with Crippen LogP contribution in [0.15, 0.2) is 36.8 Å². The number of aromatic nitrogens is 2. The van der Waals surface area contributed by atoms with E-state index in [-0.39, 0.29) is 25.1 Å². The molecule has 4 saturated heterocycles. The minimum atomic E-state index is -2.71. The van der Waals surface area contributed by atoms with Crippen LogP contribution in [0.3, 0.4) is 0 Å². The second-order valence-electron chi connectivity index (χ2n) is 8.42. The van der Waals surface area contributed by atoms with Crippen LogP contribution in [0.4, 0.5) is 20.3 Å². The summed E-state index contributed by atoms with van der Waals surface area (Å²) in [7, 11) is 0. The van der Waals surface area contributed by atoms with Gasteiger partial charge in [-0.2, -0.15) is 5.26 Å². The molecule has 0 saturated carbocycles. The molecule has 0 amide bonds. The molecule has 7 nitrogen and oxygen atoms in total. The van der Waals surface area contributed by atoms with Crippen LogP contribution in [0.2, 0.25) is 0 Å². The molecule has 4 aliphatic rings. The fraction of sp³-hybridized carbons (Fsp3) is 0.409. The molecule has 2 bridgehead atoms. The van der Waals surface area contributed by atoms with Crippen LogP contribution in [0.1, 0.15) is 18.5 Å². The number of nitrogens with one attached hydrogen (secondary N) is 1. The molecule has 4 aliphatic heterocycles. The summed E-state index contributed by atoms with van der Waals surface area (Å²) < 4.78 is 27.4. The van der Waals surface area contributed by atoms with E-state index in [9.17, 15) is 14.0 Å². The lowest BCUT2D eigenvalue weighted by molar-refractivity contribution is 0.0257. The van der Waals surface area contributed by atoms with Gasteiger partial charge in [0.1, 0.15) is 11.9 Å². The second-order valence-corrected chi connectivity index (χ2v) is 8.42. The molecule has 0 spiro atoms. The molecule has 2 unspecified atom stereocenters. The number of hydrogen-bond donors (Lipinski definition) is 2. The summed E-state index contributed by atoms with van der Waals surface area (Å²) in [5, 5.41) is 13.0. The zero-order valence-corrected chi connectivity index (χ0v) is 16.9. The maximum atomic E-state index is 13.7. The number of anilines is 2. The smallest absolute Gasteiger partial charge is 0.266 e. The molecule has 4 fully saturated rings. The third kappa shape index (κ3) is 3.68. The maximum absolute atomic E-state index is 13.7. The van der Waals surface area contributed by atoms with Gasteiger partial charge in [0.15, 0.2) is 0 Å². The van der Waals surface area contributed by atoms with Crippen molar-refractivity contribution in [1.82, 2.24) is 15.3 Å². The summed E-state index contributed by atoms with van der Waals surface area (Å²) in [6.07, 6.45) is 5.52. The third-order valence-electron chi connectivity index (χ3n) is 6.26. The molecule has 31 heavy (non-hydrogen) atoms. The molecule has 6 heterocycles. The van der Waals surface area contributed by atoms with Crippen molar-refractivity contribution in [2.24, 2.45) is 5.73 Å². The van der Waals surface area contributed by atoms with Gasteiger partial charge in [-0.15, -0.1) is 0 Å². The average Bonchev–Trinajstić information content (AvgIpc) is 3.14. The fourth-order valence-corrected chi connectivity index (χ4v) is 4.62. The monoisotopic (exact) mass is 423 g/mol. The molecule has 6 rings (SSSR count). The number of allylic oxidation sites excluding steroid dienone is 1. The van der Waals surface area contributed by atoms with E-state index < -0.39 is 5.92 Å². The van der Waals surface area contributed by atoms with Gasteiger partial charge in [-0.25, -0.2) is 13.8 Å². The normalized spacial score (nSPS) is 24.6. The Bertz CT molecular complexity index is 1040. The first kappa shape index (κ1) is 19.7. The highest BCUT2D eigenvalue weighted by molar-refractivity contribution is 5.86. The van der Waals surface area contributed by atoms with Gasteiger partial charge in [-0.3, -0.25) is 4.98 Å². The fourth-order valence-electron chi connectivity index (χ4n) is 4.62. The molecule has 2 aromatic heterocycles. The Kier molecular flexibility index (Phi) is 4.74. The first-order valence-electron chi connectivity index (χ1n) is 10.4. The Morgan fingerprint density at radius 2 is 2.00 bits per heavy atom. The van der Waals surface area contributed by atoms with E-state index in [0.29, 0.717) is 29.0 Å². The Hall–Kier alpha value is -3.25. The van der Waals surface area contributed by atoms with Gasteiger partial charge < -0.3 is 20.9 Å². The van der Waals surface area contributed by atoms with Crippen molar-refractivity contribution >= 4 is 17.1 Å². The zero-order valence-electron chi connectivity index (χ0n) is 16.9. The Balaban J connectivity index is 1.48. The van der Waals surface area contributed by atoms with Crippen molar-refractivity contribution < 1.29 is 8.78 Å². The lowest BCUT2D eigenvalue weighted by Gasteiger charge is -2.48. The number of nitrogens with zero attached hydrogens (tertiary/aromatic N) is 5. The highest BCUT2D eigenvalue weighted by atomic mass is 19.3. The van der Waals surface area contributed by atoms with Crippen LogP contribution in [-0.2, 0) is 0 Å². The van der Waals surface area contributed by atoms with Crippen molar-refractivity contribution in [3.8, 4) is 17.2 Å². The van der Waals surface area contributed by atoms with Crippen molar-refractivity contribution in [1.29, 1.82) is 5.26 Å². The Morgan fingerprint density at radius 3 is 2.58 bits per heavy atom. The topological polar surface area (TPSA) is 94.1 Å². The number of hydrogen-bond acceptors (Lipinski definition) is 7. The van der Waals surface area contributed by atoms with Crippen LogP contribution in [0.5, 0.6) is 0 Å². The molecule has 0 aromatic carbocycles. The molecule has 3 N–H and O–H groups in total. The van der Waals surface area contributed by atoms with E-state index in [4.69, 9.17) is 5.73 Å². The van der Waals surface area contributed by atoms with Crippen molar-refractivity contribution in [2.45, 2.75) is 30.8 Å². The van der Waals surface area contributed by atoms with E-state index >= 15 is 0 Å². The number of rotatable bonds is 4.